The quantitative estimate of drug-likeness (QED) is 0.854. The third-order valence-electron chi connectivity index (χ3n) is 3.28. The molecule has 0 aromatic carbocycles. The average molecular weight is 240 g/mol. The summed E-state index contributed by atoms with van der Waals surface area (Å²) in [5.74, 6) is 0. The van der Waals surface area contributed by atoms with Gasteiger partial charge < -0.3 is 9.84 Å². The molecule has 2 unspecified atom stereocenters. The van der Waals surface area contributed by atoms with Gasteiger partial charge in [0.05, 0.1) is 12.2 Å². The maximum atomic E-state index is 10.0. The third-order valence-corrected chi connectivity index (χ3v) is 4.16. The summed E-state index contributed by atoms with van der Waals surface area (Å²) < 4.78 is 5.57. The molecule has 1 N–H and O–H groups in total. The minimum absolute atomic E-state index is 0.285. The molecule has 0 bridgehead atoms. The van der Waals surface area contributed by atoms with Gasteiger partial charge in [0.1, 0.15) is 0 Å². The fourth-order valence-corrected chi connectivity index (χ4v) is 3.18. The summed E-state index contributed by atoms with van der Waals surface area (Å²) in [4.78, 5) is 0. The Hall–Kier alpha value is -0.380. The molecule has 1 aliphatic heterocycles. The van der Waals surface area contributed by atoms with Crippen molar-refractivity contribution >= 4 is 11.3 Å². The van der Waals surface area contributed by atoms with Crippen LogP contribution in [0, 0.1) is 6.92 Å². The molecule has 1 fully saturated rings. The van der Waals surface area contributed by atoms with Crippen LogP contribution in [0.1, 0.15) is 49.3 Å². The van der Waals surface area contributed by atoms with Crippen LogP contribution in [-0.2, 0) is 4.74 Å². The largest absolute Gasteiger partial charge is 0.388 e. The van der Waals surface area contributed by atoms with Crippen molar-refractivity contribution in [2.24, 2.45) is 0 Å². The summed E-state index contributed by atoms with van der Waals surface area (Å²) in [7, 11) is 0. The number of aryl methyl sites for hydroxylation is 1. The SMILES string of the molecule is Cc1cscc1C(O)CCCC1CCCO1. The van der Waals surface area contributed by atoms with Crippen molar-refractivity contribution in [3.63, 3.8) is 0 Å². The molecule has 3 heteroatoms. The fourth-order valence-electron chi connectivity index (χ4n) is 2.28. The number of hydrogen-bond donors (Lipinski definition) is 1. The summed E-state index contributed by atoms with van der Waals surface area (Å²) in [5, 5.41) is 14.2. The van der Waals surface area contributed by atoms with E-state index in [4.69, 9.17) is 4.74 Å². The number of aliphatic hydroxyl groups excluding tert-OH is 1. The van der Waals surface area contributed by atoms with Crippen molar-refractivity contribution in [1.29, 1.82) is 0 Å². The maximum absolute atomic E-state index is 10.0. The van der Waals surface area contributed by atoms with Gasteiger partial charge in [-0.3, -0.25) is 0 Å². The molecule has 0 spiro atoms. The molecule has 2 atom stereocenters. The predicted octanol–water partition coefficient (Wildman–Crippen LogP) is 3.44. The summed E-state index contributed by atoms with van der Waals surface area (Å²) in [6.07, 6.45) is 5.59. The molecule has 2 rings (SSSR count). The molecular weight excluding hydrogens is 220 g/mol. The fraction of sp³-hybridized carbons (Fsp3) is 0.692. The van der Waals surface area contributed by atoms with Crippen LogP contribution < -0.4 is 0 Å². The Morgan fingerprint density at radius 1 is 1.56 bits per heavy atom. The highest BCUT2D eigenvalue weighted by molar-refractivity contribution is 7.08. The number of thiophene rings is 1. The second-order valence-electron chi connectivity index (χ2n) is 4.59. The molecular formula is C13H20O2S. The van der Waals surface area contributed by atoms with Gasteiger partial charge in [-0.1, -0.05) is 0 Å². The van der Waals surface area contributed by atoms with E-state index >= 15 is 0 Å². The summed E-state index contributed by atoms with van der Waals surface area (Å²) in [5.41, 5.74) is 2.33. The van der Waals surface area contributed by atoms with E-state index in [-0.39, 0.29) is 6.10 Å². The van der Waals surface area contributed by atoms with Gasteiger partial charge in [-0.15, -0.1) is 0 Å². The molecule has 2 nitrogen and oxygen atoms in total. The monoisotopic (exact) mass is 240 g/mol. The van der Waals surface area contributed by atoms with Gasteiger partial charge in [0, 0.05) is 6.61 Å². The minimum Gasteiger partial charge on any atom is -0.388 e. The third kappa shape index (κ3) is 3.06. The Balaban J connectivity index is 1.71. The molecule has 90 valence electrons. The van der Waals surface area contributed by atoms with Gasteiger partial charge in [0.2, 0.25) is 0 Å². The Morgan fingerprint density at radius 2 is 2.44 bits per heavy atom. The van der Waals surface area contributed by atoms with Crippen LogP contribution in [-0.4, -0.2) is 17.8 Å². The van der Waals surface area contributed by atoms with Gasteiger partial charge in [0.15, 0.2) is 0 Å². The van der Waals surface area contributed by atoms with Crippen LogP contribution in [0.4, 0.5) is 0 Å². The van der Waals surface area contributed by atoms with E-state index in [1.165, 1.54) is 18.4 Å². The van der Waals surface area contributed by atoms with Crippen LogP contribution in [0.15, 0.2) is 10.8 Å². The Labute approximate surface area is 101 Å². The van der Waals surface area contributed by atoms with Gasteiger partial charge >= 0.3 is 0 Å². The summed E-state index contributed by atoms with van der Waals surface area (Å²) >= 11 is 1.67. The predicted molar refractivity (Wildman–Crippen MR) is 66.8 cm³/mol. The first-order valence-corrected chi connectivity index (χ1v) is 7.04. The highest BCUT2D eigenvalue weighted by Crippen LogP contribution is 2.27. The molecule has 0 amide bonds. The second kappa shape index (κ2) is 5.80. The van der Waals surface area contributed by atoms with Crippen LogP contribution in [0.3, 0.4) is 0 Å². The van der Waals surface area contributed by atoms with E-state index in [1.807, 2.05) is 0 Å². The maximum Gasteiger partial charge on any atom is 0.0800 e. The van der Waals surface area contributed by atoms with Gasteiger partial charge in [-0.05, 0) is 60.9 Å². The lowest BCUT2D eigenvalue weighted by Crippen LogP contribution is -2.06. The highest BCUT2D eigenvalue weighted by Gasteiger charge is 2.16. The number of ether oxygens (including phenoxy) is 1. The zero-order chi connectivity index (χ0) is 11.4. The highest BCUT2D eigenvalue weighted by atomic mass is 32.1. The lowest BCUT2D eigenvalue weighted by atomic mass is 10.0. The smallest absolute Gasteiger partial charge is 0.0800 e. The number of aliphatic hydroxyl groups is 1. The van der Waals surface area contributed by atoms with Gasteiger partial charge in [0.25, 0.3) is 0 Å². The molecule has 1 aromatic rings. The number of hydrogen-bond acceptors (Lipinski definition) is 3. The molecule has 2 heterocycles. The molecule has 1 aliphatic rings. The first-order valence-electron chi connectivity index (χ1n) is 6.09. The second-order valence-corrected chi connectivity index (χ2v) is 5.34. The van der Waals surface area contributed by atoms with E-state index in [0.29, 0.717) is 6.10 Å². The van der Waals surface area contributed by atoms with Crippen LogP contribution in [0.25, 0.3) is 0 Å². The van der Waals surface area contributed by atoms with E-state index in [1.54, 1.807) is 11.3 Å². The van der Waals surface area contributed by atoms with E-state index < -0.39 is 0 Å². The van der Waals surface area contributed by atoms with Gasteiger partial charge in [-0.25, -0.2) is 0 Å². The molecule has 0 saturated carbocycles. The van der Waals surface area contributed by atoms with E-state index in [0.717, 1.165) is 31.4 Å². The minimum atomic E-state index is -0.285. The van der Waals surface area contributed by atoms with Crippen molar-refractivity contribution in [2.75, 3.05) is 6.61 Å². The Bertz CT molecular complexity index is 315. The van der Waals surface area contributed by atoms with Crippen molar-refractivity contribution in [1.82, 2.24) is 0 Å². The lowest BCUT2D eigenvalue weighted by molar-refractivity contribution is 0.0944. The standard InChI is InChI=1S/C13H20O2S/c1-10-8-16-9-12(10)13(14)6-2-4-11-5-3-7-15-11/h8-9,11,13-14H,2-7H2,1H3. The first-order chi connectivity index (χ1) is 7.77. The first kappa shape index (κ1) is 12.1. The summed E-state index contributed by atoms with van der Waals surface area (Å²) in [6, 6.07) is 0. The zero-order valence-electron chi connectivity index (χ0n) is 9.82. The van der Waals surface area contributed by atoms with Crippen LogP contribution in [0.5, 0.6) is 0 Å². The molecule has 1 saturated heterocycles. The average Bonchev–Trinajstić information content (AvgIpc) is 2.88. The Kier molecular flexibility index (Phi) is 4.38. The number of rotatable bonds is 5. The van der Waals surface area contributed by atoms with Crippen molar-refractivity contribution in [2.45, 2.75) is 51.2 Å². The van der Waals surface area contributed by atoms with Gasteiger partial charge in [-0.2, -0.15) is 11.3 Å². The van der Waals surface area contributed by atoms with Crippen molar-refractivity contribution < 1.29 is 9.84 Å². The Morgan fingerprint density at radius 3 is 3.06 bits per heavy atom. The summed E-state index contributed by atoms with van der Waals surface area (Å²) in [6.45, 7) is 2.99. The normalized spacial score (nSPS) is 22.5. The zero-order valence-corrected chi connectivity index (χ0v) is 10.6. The van der Waals surface area contributed by atoms with E-state index in [9.17, 15) is 5.11 Å². The van der Waals surface area contributed by atoms with Crippen LogP contribution >= 0.6 is 11.3 Å². The van der Waals surface area contributed by atoms with Crippen molar-refractivity contribution in [3.8, 4) is 0 Å². The topological polar surface area (TPSA) is 29.5 Å². The molecule has 0 radical (unpaired) electrons. The molecule has 1 aromatic heterocycles. The van der Waals surface area contributed by atoms with E-state index in [2.05, 4.69) is 17.7 Å². The molecule has 0 aliphatic carbocycles. The van der Waals surface area contributed by atoms with Crippen molar-refractivity contribution in [3.05, 3.63) is 21.9 Å². The molecule has 16 heavy (non-hydrogen) atoms. The lowest BCUT2D eigenvalue weighted by Gasteiger charge is -2.12. The van der Waals surface area contributed by atoms with Crippen LogP contribution in [0.2, 0.25) is 0 Å².